The first-order valence-electron chi connectivity index (χ1n) is 9.11. The monoisotopic (exact) mass is 507 g/mol. The Labute approximate surface area is 191 Å². The maximum absolute atomic E-state index is 12.3. The number of amides is 2. The Hall–Kier alpha value is -2.36. The number of benzene rings is 2. The summed E-state index contributed by atoms with van der Waals surface area (Å²) in [6.07, 6.45) is 0. The van der Waals surface area contributed by atoms with E-state index >= 15 is 0 Å². The van der Waals surface area contributed by atoms with Gasteiger partial charge in [-0.2, -0.15) is 0 Å². The van der Waals surface area contributed by atoms with Gasteiger partial charge in [0.1, 0.15) is 0 Å². The highest BCUT2D eigenvalue weighted by Gasteiger charge is 2.14. The van der Waals surface area contributed by atoms with Crippen LogP contribution in [0.2, 0.25) is 5.02 Å². The topological polar surface area (TPSA) is 88.9 Å². The second kappa shape index (κ2) is 10.6. The largest absolute Gasteiger partial charge is 0.345 e. The lowest BCUT2D eigenvalue weighted by molar-refractivity contribution is -0.113. The van der Waals surface area contributed by atoms with Crippen molar-refractivity contribution in [3.63, 3.8) is 0 Å². The second-order valence-electron chi connectivity index (χ2n) is 6.16. The van der Waals surface area contributed by atoms with Gasteiger partial charge in [-0.15, -0.1) is 10.2 Å². The van der Waals surface area contributed by atoms with Gasteiger partial charge in [-0.25, -0.2) is 0 Å². The molecule has 0 aliphatic heterocycles. The van der Waals surface area contributed by atoms with Crippen LogP contribution in [0.15, 0.2) is 58.2 Å². The van der Waals surface area contributed by atoms with E-state index in [1.54, 1.807) is 30.3 Å². The van der Waals surface area contributed by atoms with Gasteiger partial charge in [0.2, 0.25) is 5.91 Å². The predicted octanol–water partition coefficient (Wildman–Crippen LogP) is 4.37. The molecule has 1 heterocycles. The Morgan fingerprint density at radius 2 is 1.93 bits per heavy atom. The highest BCUT2D eigenvalue weighted by molar-refractivity contribution is 9.10. The Kier molecular flexibility index (Phi) is 7.89. The maximum atomic E-state index is 12.3. The molecule has 0 radical (unpaired) electrons. The van der Waals surface area contributed by atoms with E-state index in [-0.39, 0.29) is 24.1 Å². The Bertz CT molecular complexity index is 1040. The molecule has 0 atom stereocenters. The van der Waals surface area contributed by atoms with Crippen LogP contribution >= 0.6 is 39.3 Å². The molecule has 30 heavy (non-hydrogen) atoms. The van der Waals surface area contributed by atoms with Crippen molar-refractivity contribution in [3.05, 3.63) is 69.4 Å². The van der Waals surface area contributed by atoms with Gasteiger partial charge in [0.25, 0.3) is 5.91 Å². The second-order valence-corrected chi connectivity index (χ2v) is 8.36. The van der Waals surface area contributed by atoms with Crippen LogP contribution in [-0.4, -0.2) is 32.3 Å². The molecule has 0 saturated heterocycles. The van der Waals surface area contributed by atoms with Crippen LogP contribution in [0, 0.1) is 0 Å². The zero-order valence-electron chi connectivity index (χ0n) is 16.1. The summed E-state index contributed by atoms with van der Waals surface area (Å²) in [6.45, 7) is 2.83. The molecule has 0 aliphatic rings. The Balaban J connectivity index is 1.56. The zero-order valence-corrected chi connectivity index (χ0v) is 19.2. The summed E-state index contributed by atoms with van der Waals surface area (Å²) in [5, 5.41) is 15.2. The van der Waals surface area contributed by atoms with Crippen LogP contribution in [0.5, 0.6) is 0 Å². The number of carbonyl (C=O) groups is 2. The van der Waals surface area contributed by atoms with Gasteiger partial charge in [-0.1, -0.05) is 41.6 Å². The van der Waals surface area contributed by atoms with Crippen LogP contribution in [0.1, 0.15) is 23.1 Å². The van der Waals surface area contributed by atoms with Gasteiger partial charge in [-0.05, 0) is 53.2 Å². The fraction of sp³-hybridized carbons (Fsp3) is 0.200. The molecule has 0 saturated carbocycles. The lowest BCUT2D eigenvalue weighted by atomic mass is 10.2. The van der Waals surface area contributed by atoms with E-state index in [2.05, 4.69) is 36.8 Å². The molecule has 0 spiro atoms. The van der Waals surface area contributed by atoms with Crippen molar-refractivity contribution in [2.75, 3.05) is 11.1 Å². The fourth-order valence-electron chi connectivity index (χ4n) is 2.63. The molecule has 7 nitrogen and oxygen atoms in total. The van der Waals surface area contributed by atoms with E-state index in [9.17, 15) is 9.59 Å². The minimum absolute atomic E-state index is 0.168. The molecule has 0 bridgehead atoms. The highest BCUT2D eigenvalue weighted by atomic mass is 79.9. The summed E-state index contributed by atoms with van der Waals surface area (Å²) in [7, 11) is 0. The SMILES string of the molecule is CCn1c(CNC(=O)c2ccccc2)nnc1SCC(=O)Nc1ccc(Cl)c(Br)c1. The average Bonchev–Trinajstić information content (AvgIpc) is 3.15. The van der Waals surface area contributed by atoms with Crippen molar-refractivity contribution in [1.29, 1.82) is 0 Å². The molecular weight excluding hydrogens is 490 g/mol. The Morgan fingerprint density at radius 3 is 2.63 bits per heavy atom. The Morgan fingerprint density at radius 1 is 1.17 bits per heavy atom. The van der Waals surface area contributed by atoms with E-state index in [4.69, 9.17) is 11.6 Å². The highest BCUT2D eigenvalue weighted by Crippen LogP contribution is 2.26. The lowest BCUT2D eigenvalue weighted by Crippen LogP contribution is -2.24. The summed E-state index contributed by atoms with van der Waals surface area (Å²) in [5.41, 5.74) is 1.23. The summed E-state index contributed by atoms with van der Waals surface area (Å²) in [4.78, 5) is 24.5. The minimum atomic E-state index is -0.177. The third kappa shape index (κ3) is 5.84. The van der Waals surface area contributed by atoms with Gasteiger partial charge in [-0.3, -0.25) is 9.59 Å². The first-order valence-corrected chi connectivity index (χ1v) is 11.3. The molecule has 0 unspecified atom stereocenters. The van der Waals surface area contributed by atoms with Crippen LogP contribution < -0.4 is 10.6 Å². The quantitative estimate of drug-likeness (QED) is 0.441. The molecule has 156 valence electrons. The zero-order chi connectivity index (χ0) is 21.5. The van der Waals surface area contributed by atoms with E-state index in [0.29, 0.717) is 38.3 Å². The lowest BCUT2D eigenvalue weighted by Gasteiger charge is -2.09. The molecule has 2 N–H and O–H groups in total. The molecule has 2 aromatic carbocycles. The number of hydrogen-bond donors (Lipinski definition) is 2. The number of nitrogens with one attached hydrogen (secondary N) is 2. The number of rotatable bonds is 8. The van der Waals surface area contributed by atoms with Crippen molar-refractivity contribution < 1.29 is 9.59 Å². The third-order valence-electron chi connectivity index (χ3n) is 4.09. The van der Waals surface area contributed by atoms with Gasteiger partial charge in [0.05, 0.1) is 17.3 Å². The van der Waals surface area contributed by atoms with E-state index in [0.717, 1.165) is 0 Å². The molecule has 3 rings (SSSR count). The van der Waals surface area contributed by atoms with E-state index in [1.165, 1.54) is 11.8 Å². The molecule has 0 aliphatic carbocycles. The van der Waals surface area contributed by atoms with Crippen LogP contribution in [0.3, 0.4) is 0 Å². The van der Waals surface area contributed by atoms with Crippen LogP contribution in [0.25, 0.3) is 0 Å². The molecule has 10 heteroatoms. The van der Waals surface area contributed by atoms with Gasteiger partial charge >= 0.3 is 0 Å². The van der Waals surface area contributed by atoms with Crippen molar-refractivity contribution in [2.45, 2.75) is 25.2 Å². The first-order chi connectivity index (χ1) is 14.5. The summed E-state index contributed by atoms with van der Waals surface area (Å²) in [5.74, 6) is 0.462. The van der Waals surface area contributed by atoms with Crippen molar-refractivity contribution in [2.24, 2.45) is 0 Å². The van der Waals surface area contributed by atoms with Crippen molar-refractivity contribution in [3.8, 4) is 0 Å². The predicted molar refractivity (Wildman–Crippen MR) is 122 cm³/mol. The fourth-order valence-corrected chi connectivity index (χ4v) is 3.94. The van der Waals surface area contributed by atoms with Crippen molar-refractivity contribution in [1.82, 2.24) is 20.1 Å². The molecule has 3 aromatic rings. The smallest absolute Gasteiger partial charge is 0.251 e. The minimum Gasteiger partial charge on any atom is -0.345 e. The standard InChI is InChI=1S/C20H19BrClN5O2S/c1-2-27-17(11-23-19(29)13-6-4-3-5-7-13)25-26-20(27)30-12-18(28)24-14-8-9-16(22)15(21)10-14/h3-10H,2,11-12H2,1H3,(H,23,29)(H,24,28). The summed E-state index contributed by atoms with van der Waals surface area (Å²) >= 11 is 10.6. The number of anilines is 1. The number of aromatic nitrogens is 3. The van der Waals surface area contributed by atoms with Crippen LogP contribution in [0.4, 0.5) is 5.69 Å². The normalized spacial score (nSPS) is 10.6. The number of thioether (sulfide) groups is 1. The maximum Gasteiger partial charge on any atom is 0.251 e. The summed E-state index contributed by atoms with van der Waals surface area (Å²) in [6, 6.07) is 14.2. The number of nitrogens with zero attached hydrogens (tertiary/aromatic N) is 3. The number of carbonyl (C=O) groups excluding carboxylic acids is 2. The third-order valence-corrected chi connectivity index (χ3v) is 6.27. The van der Waals surface area contributed by atoms with Crippen LogP contribution in [-0.2, 0) is 17.9 Å². The first kappa shape index (κ1) is 22.3. The number of hydrogen-bond acceptors (Lipinski definition) is 5. The van der Waals surface area contributed by atoms with Gasteiger partial charge in [0, 0.05) is 22.3 Å². The van der Waals surface area contributed by atoms with Gasteiger partial charge in [0.15, 0.2) is 11.0 Å². The molecule has 1 aromatic heterocycles. The molecule has 0 fully saturated rings. The van der Waals surface area contributed by atoms with E-state index in [1.807, 2.05) is 29.7 Å². The average molecular weight is 509 g/mol. The van der Waals surface area contributed by atoms with E-state index < -0.39 is 0 Å². The molecule has 2 amide bonds. The molecular formula is C20H19BrClN5O2S. The van der Waals surface area contributed by atoms with Gasteiger partial charge < -0.3 is 15.2 Å². The summed E-state index contributed by atoms with van der Waals surface area (Å²) < 4.78 is 2.59. The van der Waals surface area contributed by atoms with Crippen molar-refractivity contribution >= 4 is 56.8 Å². The number of halogens is 2.